The van der Waals surface area contributed by atoms with Crippen molar-refractivity contribution in [1.29, 1.82) is 0 Å². The molecular weight excluding hydrogens is 580 g/mol. The SMILES string of the molecule is Clc1nc(-c2ccc3c(c2)C2(c4ccccc4Oc4ccccc42)c2ccc4ccccc4c2-3)c2sc3ccccc3c2n1. The van der Waals surface area contributed by atoms with Crippen LogP contribution in [-0.4, -0.2) is 9.97 Å². The fourth-order valence-electron chi connectivity index (χ4n) is 7.57. The van der Waals surface area contributed by atoms with Crippen molar-refractivity contribution in [2.24, 2.45) is 0 Å². The maximum atomic E-state index is 6.63. The van der Waals surface area contributed by atoms with Crippen LogP contribution < -0.4 is 4.74 Å². The van der Waals surface area contributed by atoms with Gasteiger partial charge in [0.05, 0.1) is 21.3 Å². The van der Waals surface area contributed by atoms with Crippen LogP contribution in [0.1, 0.15) is 22.3 Å². The molecule has 1 spiro atoms. The Morgan fingerprint density at radius 3 is 2.14 bits per heavy atom. The van der Waals surface area contributed by atoms with Gasteiger partial charge in [0.2, 0.25) is 5.28 Å². The molecule has 0 bridgehead atoms. The molecule has 0 saturated carbocycles. The number of halogens is 1. The van der Waals surface area contributed by atoms with Gasteiger partial charge in [0.1, 0.15) is 11.5 Å². The molecule has 5 heteroatoms. The van der Waals surface area contributed by atoms with Gasteiger partial charge in [-0.3, -0.25) is 0 Å². The second-order valence-corrected chi connectivity index (χ2v) is 12.8. The Hall–Kier alpha value is -5.03. The minimum atomic E-state index is -0.577. The van der Waals surface area contributed by atoms with E-state index in [4.69, 9.17) is 21.3 Å². The predicted octanol–water partition coefficient (Wildman–Crippen LogP) is 10.8. The average molecular weight is 601 g/mol. The van der Waals surface area contributed by atoms with Gasteiger partial charge in [0.25, 0.3) is 0 Å². The zero-order valence-corrected chi connectivity index (χ0v) is 24.8. The molecule has 8 aromatic rings. The van der Waals surface area contributed by atoms with E-state index in [0.29, 0.717) is 0 Å². The zero-order valence-electron chi connectivity index (χ0n) is 23.2. The fraction of sp³-hybridized carbons (Fsp3) is 0.0256. The maximum absolute atomic E-state index is 6.63. The van der Waals surface area contributed by atoms with Gasteiger partial charge in [-0.25, -0.2) is 9.97 Å². The fourth-order valence-corrected chi connectivity index (χ4v) is 8.90. The summed E-state index contributed by atoms with van der Waals surface area (Å²) in [7, 11) is 0. The molecule has 44 heavy (non-hydrogen) atoms. The summed E-state index contributed by atoms with van der Waals surface area (Å²) in [6.45, 7) is 0. The van der Waals surface area contributed by atoms with E-state index in [2.05, 4.69) is 126 Å². The monoisotopic (exact) mass is 600 g/mol. The molecular formula is C39H21ClN2OS. The third kappa shape index (κ3) is 3.06. The number of ether oxygens (including phenoxy) is 1. The van der Waals surface area contributed by atoms with E-state index < -0.39 is 5.41 Å². The molecule has 10 rings (SSSR count). The van der Waals surface area contributed by atoms with Gasteiger partial charge >= 0.3 is 0 Å². The van der Waals surface area contributed by atoms with Gasteiger partial charge in [-0.15, -0.1) is 11.3 Å². The first kappa shape index (κ1) is 24.4. The summed E-state index contributed by atoms with van der Waals surface area (Å²) in [5, 5.41) is 3.82. The number of hydrogen-bond acceptors (Lipinski definition) is 4. The Labute approximate surface area is 262 Å². The van der Waals surface area contributed by atoms with Crippen molar-refractivity contribution >= 4 is 54.0 Å². The van der Waals surface area contributed by atoms with Crippen molar-refractivity contribution < 1.29 is 4.74 Å². The van der Waals surface area contributed by atoms with E-state index in [1.807, 2.05) is 6.07 Å². The highest BCUT2D eigenvalue weighted by atomic mass is 35.5. The van der Waals surface area contributed by atoms with Crippen molar-refractivity contribution in [3.63, 3.8) is 0 Å². The highest BCUT2D eigenvalue weighted by molar-refractivity contribution is 7.26. The first-order valence-corrected chi connectivity index (χ1v) is 15.8. The van der Waals surface area contributed by atoms with E-state index in [9.17, 15) is 0 Å². The van der Waals surface area contributed by atoms with Gasteiger partial charge in [-0.2, -0.15) is 0 Å². The Balaban J connectivity index is 1.36. The van der Waals surface area contributed by atoms with Gasteiger partial charge in [-0.1, -0.05) is 103 Å². The van der Waals surface area contributed by atoms with E-state index in [1.165, 1.54) is 37.7 Å². The molecule has 2 aromatic heterocycles. The summed E-state index contributed by atoms with van der Waals surface area (Å²) in [6.07, 6.45) is 0. The number of thiophene rings is 1. The third-order valence-corrected chi connectivity index (χ3v) is 10.6. The van der Waals surface area contributed by atoms with Crippen LogP contribution >= 0.6 is 22.9 Å². The Kier molecular flexibility index (Phi) is 4.86. The van der Waals surface area contributed by atoms with Crippen LogP contribution in [0.3, 0.4) is 0 Å². The number of para-hydroxylation sites is 2. The van der Waals surface area contributed by atoms with Crippen molar-refractivity contribution in [2.75, 3.05) is 0 Å². The Morgan fingerprint density at radius 2 is 1.32 bits per heavy atom. The van der Waals surface area contributed by atoms with Crippen molar-refractivity contribution in [3.8, 4) is 33.9 Å². The van der Waals surface area contributed by atoms with Crippen molar-refractivity contribution in [1.82, 2.24) is 9.97 Å². The second kappa shape index (κ2) is 8.76. The van der Waals surface area contributed by atoms with Crippen LogP contribution in [0.2, 0.25) is 5.28 Å². The predicted molar refractivity (Wildman–Crippen MR) is 180 cm³/mol. The van der Waals surface area contributed by atoms with Crippen LogP contribution in [0.25, 0.3) is 53.5 Å². The first-order chi connectivity index (χ1) is 21.7. The van der Waals surface area contributed by atoms with Crippen LogP contribution in [-0.2, 0) is 5.41 Å². The van der Waals surface area contributed by atoms with Crippen LogP contribution in [0.4, 0.5) is 0 Å². The standard InChI is InChI=1S/C39H21ClN2OS/c40-38-41-35(37-36(42-38)26-11-3-8-16-33(26)44-37)23-17-19-25-30(21-23)39(29-20-18-22-9-1-2-10-24(22)34(25)29)27-12-4-6-14-31(27)43-32-15-7-5-13-28(32)39/h1-21H. The van der Waals surface area contributed by atoms with E-state index in [0.717, 1.165) is 49.5 Å². The molecule has 0 unspecified atom stereocenters. The second-order valence-electron chi connectivity index (χ2n) is 11.4. The molecule has 0 radical (unpaired) electrons. The molecule has 0 fully saturated rings. The van der Waals surface area contributed by atoms with E-state index in [1.54, 1.807) is 11.3 Å². The van der Waals surface area contributed by atoms with Gasteiger partial charge in [0.15, 0.2) is 0 Å². The van der Waals surface area contributed by atoms with Gasteiger partial charge < -0.3 is 4.74 Å². The molecule has 206 valence electrons. The number of hydrogen-bond donors (Lipinski definition) is 0. The van der Waals surface area contributed by atoms with Crippen LogP contribution in [0, 0.1) is 0 Å². The normalized spacial score (nSPS) is 13.9. The lowest BCUT2D eigenvalue weighted by Crippen LogP contribution is -2.32. The lowest BCUT2D eigenvalue weighted by molar-refractivity contribution is 0.436. The Morgan fingerprint density at radius 1 is 0.614 bits per heavy atom. The number of nitrogens with zero attached hydrogens (tertiary/aromatic N) is 2. The van der Waals surface area contributed by atoms with Crippen LogP contribution in [0.5, 0.6) is 11.5 Å². The molecule has 3 heterocycles. The number of rotatable bonds is 1. The molecule has 0 atom stereocenters. The minimum absolute atomic E-state index is 0.252. The lowest BCUT2D eigenvalue weighted by atomic mass is 9.66. The molecule has 0 saturated heterocycles. The average Bonchev–Trinajstić information content (AvgIpc) is 3.58. The first-order valence-electron chi connectivity index (χ1n) is 14.6. The third-order valence-electron chi connectivity index (χ3n) is 9.29. The highest BCUT2D eigenvalue weighted by Crippen LogP contribution is 2.63. The van der Waals surface area contributed by atoms with Gasteiger partial charge in [0, 0.05) is 26.8 Å². The minimum Gasteiger partial charge on any atom is -0.457 e. The van der Waals surface area contributed by atoms with Crippen molar-refractivity contribution in [3.05, 3.63) is 155 Å². The molecule has 2 aliphatic rings. The maximum Gasteiger partial charge on any atom is 0.223 e. The highest BCUT2D eigenvalue weighted by Gasteiger charge is 2.51. The van der Waals surface area contributed by atoms with E-state index in [-0.39, 0.29) is 5.28 Å². The number of fused-ring (bicyclic) bond motifs is 14. The summed E-state index contributed by atoms with van der Waals surface area (Å²) in [4.78, 5) is 9.53. The summed E-state index contributed by atoms with van der Waals surface area (Å²) in [6, 6.07) is 45.4. The lowest BCUT2D eigenvalue weighted by Gasteiger charge is -2.39. The number of aromatic nitrogens is 2. The summed E-state index contributed by atoms with van der Waals surface area (Å²) >= 11 is 8.34. The Bertz CT molecular complexity index is 2470. The summed E-state index contributed by atoms with van der Waals surface area (Å²) < 4.78 is 8.78. The topological polar surface area (TPSA) is 35.0 Å². The molecule has 0 N–H and O–H groups in total. The van der Waals surface area contributed by atoms with Crippen LogP contribution in [0.15, 0.2) is 127 Å². The van der Waals surface area contributed by atoms with E-state index >= 15 is 0 Å². The molecule has 1 aliphatic heterocycles. The smallest absolute Gasteiger partial charge is 0.223 e. The quantitative estimate of drug-likeness (QED) is 0.176. The van der Waals surface area contributed by atoms with Crippen molar-refractivity contribution in [2.45, 2.75) is 5.41 Å². The zero-order chi connectivity index (χ0) is 29.0. The number of benzene rings is 6. The van der Waals surface area contributed by atoms with Gasteiger partial charge in [-0.05, 0) is 68.9 Å². The molecule has 6 aromatic carbocycles. The largest absolute Gasteiger partial charge is 0.457 e. The molecule has 1 aliphatic carbocycles. The summed E-state index contributed by atoms with van der Waals surface area (Å²) in [5.41, 5.74) is 9.43. The molecule has 3 nitrogen and oxygen atoms in total. The summed E-state index contributed by atoms with van der Waals surface area (Å²) in [5.74, 6) is 1.75. The molecule has 0 amide bonds.